The summed E-state index contributed by atoms with van der Waals surface area (Å²) < 4.78 is 22.0. The first kappa shape index (κ1) is 15.6. The van der Waals surface area contributed by atoms with E-state index in [1.165, 1.54) is 0 Å². The molecule has 1 heterocycles. The summed E-state index contributed by atoms with van der Waals surface area (Å²) in [6.07, 6.45) is 2.24. The Morgan fingerprint density at radius 3 is 2.74 bits per heavy atom. The van der Waals surface area contributed by atoms with E-state index in [0.717, 1.165) is 24.2 Å². The molecule has 1 N–H and O–H groups in total. The fraction of sp³-hybridized carbons (Fsp3) is 0.556. The van der Waals surface area contributed by atoms with Gasteiger partial charge in [-0.2, -0.15) is 4.98 Å². The average molecular weight is 306 g/mol. The number of rotatable bonds is 7. The molecule has 0 amide bonds. The molecule has 0 saturated heterocycles. The normalized spacial score (nSPS) is 11.3. The van der Waals surface area contributed by atoms with Gasteiger partial charge in [-0.15, -0.1) is 0 Å². The summed E-state index contributed by atoms with van der Waals surface area (Å²) in [7, 11) is -3.10. The van der Waals surface area contributed by atoms with E-state index < -0.39 is 14.8 Å². The van der Waals surface area contributed by atoms with E-state index in [1.807, 2.05) is 6.92 Å². The lowest BCUT2D eigenvalue weighted by Gasteiger charge is -2.05. The molecule has 0 saturated carbocycles. The van der Waals surface area contributed by atoms with Crippen LogP contribution in [0.15, 0.2) is 11.2 Å². The van der Waals surface area contributed by atoms with Crippen molar-refractivity contribution in [2.24, 2.45) is 0 Å². The van der Waals surface area contributed by atoms with Gasteiger partial charge in [0.1, 0.15) is 16.0 Å². The fourth-order valence-electron chi connectivity index (χ4n) is 1.12. The van der Waals surface area contributed by atoms with E-state index in [4.69, 9.17) is 0 Å². The third-order valence-electron chi connectivity index (χ3n) is 1.96. The molecular weight excluding hydrogens is 292 g/mol. The summed E-state index contributed by atoms with van der Waals surface area (Å²) in [6.45, 7) is 2.44. The van der Waals surface area contributed by atoms with Crippen LogP contribution in [-0.4, -0.2) is 47.6 Å². The van der Waals surface area contributed by atoms with E-state index >= 15 is 0 Å². The molecule has 0 aromatic carbocycles. The van der Waals surface area contributed by atoms with Gasteiger partial charge in [0.15, 0.2) is 5.03 Å². The van der Waals surface area contributed by atoms with Gasteiger partial charge in [0.25, 0.3) is 0 Å². The van der Waals surface area contributed by atoms with Crippen molar-refractivity contribution in [3.63, 3.8) is 0 Å². The SMILES string of the molecule is CCNc1ncc([N+](=O)[O-])c(SCCS(C)(=O)=O)n1. The Morgan fingerprint density at radius 2 is 2.21 bits per heavy atom. The van der Waals surface area contributed by atoms with Gasteiger partial charge in [-0.3, -0.25) is 10.1 Å². The van der Waals surface area contributed by atoms with E-state index in [0.29, 0.717) is 6.54 Å². The Labute approximate surface area is 115 Å². The van der Waals surface area contributed by atoms with Crippen LogP contribution < -0.4 is 5.32 Å². The summed E-state index contributed by atoms with van der Waals surface area (Å²) in [6, 6.07) is 0. The van der Waals surface area contributed by atoms with Crippen molar-refractivity contribution < 1.29 is 13.3 Å². The largest absolute Gasteiger partial charge is 0.354 e. The summed E-state index contributed by atoms with van der Waals surface area (Å²) in [4.78, 5) is 18.1. The molecule has 1 rings (SSSR count). The number of nitrogens with one attached hydrogen (secondary N) is 1. The first-order valence-corrected chi connectivity index (χ1v) is 8.44. The predicted molar refractivity (Wildman–Crippen MR) is 73.3 cm³/mol. The Balaban J connectivity index is 2.88. The summed E-state index contributed by atoms with van der Waals surface area (Å²) >= 11 is 1.03. The van der Waals surface area contributed by atoms with Crippen LogP contribution in [0.1, 0.15) is 6.92 Å². The Hall–Kier alpha value is -1.42. The van der Waals surface area contributed by atoms with E-state index in [-0.39, 0.29) is 28.2 Å². The van der Waals surface area contributed by atoms with Crippen LogP contribution in [0.4, 0.5) is 11.6 Å². The number of nitrogens with zero attached hydrogens (tertiary/aromatic N) is 3. The van der Waals surface area contributed by atoms with Crippen LogP contribution >= 0.6 is 11.8 Å². The molecule has 1 aromatic heterocycles. The van der Waals surface area contributed by atoms with Crippen molar-refractivity contribution in [3.05, 3.63) is 16.3 Å². The molecule has 0 fully saturated rings. The number of anilines is 1. The number of hydrogen-bond acceptors (Lipinski definition) is 8. The fourth-order valence-corrected chi connectivity index (χ4v) is 3.29. The standard InChI is InChI=1S/C9H14N4O4S2/c1-3-10-9-11-6-7(13(14)15)8(12-9)18-4-5-19(2,16)17/h6H,3-5H2,1-2H3,(H,10,11,12). The quantitative estimate of drug-likeness (QED) is 0.343. The maximum absolute atomic E-state index is 11.0. The van der Waals surface area contributed by atoms with Crippen molar-refractivity contribution in [2.75, 3.05) is 29.6 Å². The molecule has 19 heavy (non-hydrogen) atoms. The maximum Gasteiger partial charge on any atom is 0.319 e. The predicted octanol–water partition coefficient (Wildman–Crippen LogP) is 0.953. The first-order chi connectivity index (χ1) is 8.83. The average Bonchev–Trinajstić information content (AvgIpc) is 2.27. The smallest absolute Gasteiger partial charge is 0.319 e. The molecule has 106 valence electrons. The Bertz CT molecular complexity index is 561. The van der Waals surface area contributed by atoms with Gasteiger partial charge in [0.2, 0.25) is 5.95 Å². The molecule has 0 aliphatic carbocycles. The zero-order chi connectivity index (χ0) is 14.5. The van der Waals surface area contributed by atoms with Crippen molar-refractivity contribution in [3.8, 4) is 0 Å². The zero-order valence-electron chi connectivity index (χ0n) is 10.5. The molecule has 0 bridgehead atoms. The minimum absolute atomic E-state index is 0.0602. The van der Waals surface area contributed by atoms with Crippen molar-refractivity contribution in [2.45, 2.75) is 11.9 Å². The van der Waals surface area contributed by atoms with Crippen LogP contribution in [0.5, 0.6) is 0 Å². The van der Waals surface area contributed by atoms with Crippen LogP contribution in [0.3, 0.4) is 0 Å². The highest BCUT2D eigenvalue weighted by Gasteiger charge is 2.18. The minimum atomic E-state index is -3.10. The summed E-state index contributed by atoms with van der Waals surface area (Å²) in [5.74, 6) is 0.437. The lowest BCUT2D eigenvalue weighted by Crippen LogP contribution is -2.07. The van der Waals surface area contributed by atoms with Crippen LogP contribution in [0.25, 0.3) is 0 Å². The highest BCUT2D eigenvalue weighted by molar-refractivity contribution is 8.00. The van der Waals surface area contributed by atoms with E-state index in [1.54, 1.807) is 0 Å². The molecule has 0 aliphatic rings. The van der Waals surface area contributed by atoms with Crippen LogP contribution in [0.2, 0.25) is 0 Å². The second-order valence-electron chi connectivity index (χ2n) is 3.65. The van der Waals surface area contributed by atoms with Crippen molar-refractivity contribution in [1.82, 2.24) is 9.97 Å². The lowest BCUT2D eigenvalue weighted by atomic mass is 10.5. The van der Waals surface area contributed by atoms with Gasteiger partial charge in [-0.25, -0.2) is 13.4 Å². The first-order valence-electron chi connectivity index (χ1n) is 5.39. The molecule has 8 nitrogen and oxygen atoms in total. The molecule has 0 radical (unpaired) electrons. The van der Waals surface area contributed by atoms with Crippen LogP contribution in [0, 0.1) is 10.1 Å². The van der Waals surface area contributed by atoms with Gasteiger partial charge in [-0.1, -0.05) is 11.8 Å². The monoisotopic (exact) mass is 306 g/mol. The molecular formula is C9H14N4O4S2. The molecule has 0 unspecified atom stereocenters. The molecule has 1 aromatic rings. The van der Waals surface area contributed by atoms with Gasteiger partial charge in [-0.05, 0) is 6.92 Å². The number of hydrogen-bond donors (Lipinski definition) is 1. The number of sulfone groups is 1. The topological polar surface area (TPSA) is 115 Å². The van der Waals surface area contributed by atoms with Gasteiger partial charge >= 0.3 is 5.69 Å². The van der Waals surface area contributed by atoms with Gasteiger partial charge < -0.3 is 5.32 Å². The molecule has 0 atom stereocenters. The van der Waals surface area contributed by atoms with Crippen LogP contribution in [-0.2, 0) is 9.84 Å². The highest BCUT2D eigenvalue weighted by atomic mass is 32.2. The molecule has 0 aliphatic heterocycles. The third kappa shape index (κ3) is 5.39. The minimum Gasteiger partial charge on any atom is -0.354 e. The Morgan fingerprint density at radius 1 is 1.53 bits per heavy atom. The molecule has 10 heteroatoms. The number of thioether (sulfide) groups is 1. The van der Waals surface area contributed by atoms with Crippen molar-refractivity contribution >= 4 is 33.2 Å². The Kier molecular flexibility index (Phi) is 5.48. The number of nitro groups is 1. The zero-order valence-corrected chi connectivity index (χ0v) is 12.1. The summed E-state index contributed by atoms with van der Waals surface area (Å²) in [5, 5.41) is 13.8. The second-order valence-corrected chi connectivity index (χ2v) is 6.99. The van der Waals surface area contributed by atoms with Crippen molar-refractivity contribution in [1.29, 1.82) is 0 Å². The van der Waals surface area contributed by atoms with Gasteiger partial charge in [0, 0.05) is 18.6 Å². The molecule has 0 spiro atoms. The lowest BCUT2D eigenvalue weighted by molar-refractivity contribution is -0.388. The third-order valence-corrected chi connectivity index (χ3v) is 4.15. The highest BCUT2D eigenvalue weighted by Crippen LogP contribution is 2.27. The number of aromatic nitrogens is 2. The van der Waals surface area contributed by atoms with E-state index in [2.05, 4.69) is 15.3 Å². The van der Waals surface area contributed by atoms with E-state index in [9.17, 15) is 18.5 Å². The second kappa shape index (κ2) is 6.66. The maximum atomic E-state index is 11.0. The summed E-state index contributed by atoms with van der Waals surface area (Å²) in [5.41, 5.74) is -0.222. The van der Waals surface area contributed by atoms with Gasteiger partial charge in [0.05, 0.1) is 10.7 Å².